The van der Waals surface area contributed by atoms with Crippen LogP contribution >= 0.6 is 0 Å². The number of benzene rings is 2. The normalized spacial score (nSPS) is 22.3. The van der Waals surface area contributed by atoms with Gasteiger partial charge in [-0.15, -0.1) is 0 Å². The molecule has 6 nitrogen and oxygen atoms in total. The van der Waals surface area contributed by atoms with Gasteiger partial charge in [-0.2, -0.15) is 26.3 Å². The van der Waals surface area contributed by atoms with Gasteiger partial charge in [-0.3, -0.25) is 4.79 Å². The van der Waals surface area contributed by atoms with Crippen molar-refractivity contribution in [3.8, 4) is 0 Å². The third kappa shape index (κ3) is 4.79. The van der Waals surface area contributed by atoms with Crippen LogP contribution < -0.4 is 0 Å². The molecule has 3 atom stereocenters. The Morgan fingerprint density at radius 2 is 1.61 bits per heavy atom. The lowest BCUT2D eigenvalue weighted by Gasteiger charge is -2.40. The van der Waals surface area contributed by atoms with E-state index in [1.165, 1.54) is 0 Å². The molecule has 0 spiro atoms. The molecule has 0 radical (unpaired) electrons. The maximum atomic E-state index is 14.9. The van der Waals surface area contributed by atoms with Crippen LogP contribution in [-0.4, -0.2) is 68.1 Å². The minimum Gasteiger partial charge on any atom is -0.396 e. The summed E-state index contributed by atoms with van der Waals surface area (Å²) in [4.78, 5) is 13.9. The first-order chi connectivity index (χ1) is 19.0. The quantitative estimate of drug-likeness (QED) is 0.360. The highest BCUT2D eigenvalue weighted by molar-refractivity contribution is 7.92. The summed E-state index contributed by atoms with van der Waals surface area (Å²) in [5.74, 6) is -3.49. The van der Waals surface area contributed by atoms with Crippen LogP contribution in [0, 0.1) is 17.7 Å². The Hall–Kier alpha value is -2.78. The minimum absolute atomic E-state index is 0.109. The number of carbonyl (C=O) groups excluding carboxylic acids is 1. The van der Waals surface area contributed by atoms with Crippen LogP contribution in [0.15, 0.2) is 47.4 Å². The van der Waals surface area contributed by atoms with Crippen LogP contribution in [0.3, 0.4) is 0 Å². The summed E-state index contributed by atoms with van der Waals surface area (Å²) in [6, 6.07) is 4.94. The second kappa shape index (κ2) is 10.5. The molecular weight excluding hydrogens is 590 g/mol. The number of hydrogen-bond acceptors (Lipinski definition) is 5. The number of aliphatic hydroxyl groups excluding tert-OH is 2. The molecule has 1 aliphatic carbocycles. The molecule has 3 unspecified atom stereocenters. The fourth-order valence-electron chi connectivity index (χ4n) is 5.91. The SMILES string of the molecule is O=C(C(CO)CCO)N1CC2CCc3cc(C(F)(C(F)(F)F)C(F)(F)F)ccc3C2(S(=O)(=O)c2ccc(F)cc2)C1. The molecule has 226 valence electrons. The number of alkyl halides is 7. The lowest BCUT2D eigenvalue weighted by atomic mass is 9.75. The van der Waals surface area contributed by atoms with Gasteiger partial charge in [0.15, 0.2) is 9.84 Å². The zero-order valence-electron chi connectivity index (χ0n) is 21.1. The van der Waals surface area contributed by atoms with E-state index in [2.05, 4.69) is 0 Å². The monoisotopic (exact) mass is 615 g/mol. The second-order valence-electron chi connectivity index (χ2n) is 10.2. The predicted molar refractivity (Wildman–Crippen MR) is 127 cm³/mol. The molecule has 0 bridgehead atoms. The standard InChI is InChI=1S/C26H25F8NO5S/c27-19-4-6-20(7-5-19)41(39,40)23-14-35(22(38)16(13-37)9-10-36)12-18(23)2-1-15-11-17(3-8-21(15)23)24(28,25(29,30)31)26(32,33)34/h3-8,11,16,18,36-37H,1-2,9-10,12-14H2. The average Bonchev–Trinajstić information content (AvgIpc) is 3.31. The van der Waals surface area contributed by atoms with Gasteiger partial charge in [0.25, 0.3) is 0 Å². The van der Waals surface area contributed by atoms with E-state index in [1.807, 2.05) is 0 Å². The summed E-state index contributed by atoms with van der Waals surface area (Å²) in [7, 11) is -4.62. The zero-order valence-corrected chi connectivity index (χ0v) is 22.0. The van der Waals surface area contributed by atoms with E-state index < -0.39 is 86.4 Å². The van der Waals surface area contributed by atoms with Crippen molar-refractivity contribution < 1.29 is 58.5 Å². The number of aliphatic hydroxyl groups is 2. The number of hydrogen-bond donors (Lipinski definition) is 2. The predicted octanol–water partition coefficient (Wildman–Crippen LogP) is 4.18. The molecule has 0 saturated carbocycles. The van der Waals surface area contributed by atoms with Crippen molar-refractivity contribution in [1.82, 2.24) is 4.90 Å². The maximum Gasteiger partial charge on any atom is 0.435 e. The first-order valence-electron chi connectivity index (χ1n) is 12.4. The first kappa shape index (κ1) is 31.2. The van der Waals surface area contributed by atoms with E-state index in [-0.39, 0.29) is 43.0 Å². The van der Waals surface area contributed by atoms with E-state index in [1.54, 1.807) is 0 Å². The lowest BCUT2D eigenvalue weighted by molar-refractivity contribution is -0.348. The van der Waals surface area contributed by atoms with Crippen molar-refractivity contribution >= 4 is 15.7 Å². The maximum absolute atomic E-state index is 14.9. The van der Waals surface area contributed by atoms with Gasteiger partial charge in [-0.1, -0.05) is 18.2 Å². The number of nitrogens with zero attached hydrogens (tertiary/aromatic N) is 1. The molecule has 0 aromatic heterocycles. The molecule has 41 heavy (non-hydrogen) atoms. The summed E-state index contributed by atoms with van der Waals surface area (Å²) >= 11 is 0. The Bertz CT molecular complexity index is 1400. The summed E-state index contributed by atoms with van der Waals surface area (Å²) in [5, 5.41) is 18.9. The van der Waals surface area contributed by atoms with Crippen LogP contribution in [0.4, 0.5) is 35.1 Å². The number of aryl methyl sites for hydroxylation is 1. The highest BCUT2D eigenvalue weighted by Crippen LogP contribution is 2.56. The number of sulfone groups is 1. The van der Waals surface area contributed by atoms with Gasteiger partial charge >= 0.3 is 18.0 Å². The lowest BCUT2D eigenvalue weighted by Crippen LogP contribution is -2.51. The summed E-state index contributed by atoms with van der Waals surface area (Å²) < 4.78 is 136. The van der Waals surface area contributed by atoms with Crippen LogP contribution in [-0.2, 0) is 31.5 Å². The fourth-order valence-corrected chi connectivity index (χ4v) is 8.27. The van der Waals surface area contributed by atoms with Crippen LogP contribution in [0.1, 0.15) is 29.5 Å². The molecule has 2 aromatic rings. The molecule has 1 fully saturated rings. The smallest absolute Gasteiger partial charge is 0.396 e. The Labute approximate surface area is 229 Å². The van der Waals surface area contributed by atoms with Crippen LogP contribution in [0.2, 0.25) is 0 Å². The van der Waals surface area contributed by atoms with Gasteiger partial charge in [0.1, 0.15) is 10.6 Å². The van der Waals surface area contributed by atoms with Gasteiger partial charge in [0, 0.05) is 31.2 Å². The molecule has 2 N–H and O–H groups in total. The number of likely N-dealkylation sites (tertiary alicyclic amines) is 1. The third-order valence-electron chi connectivity index (χ3n) is 7.99. The van der Waals surface area contributed by atoms with E-state index in [4.69, 9.17) is 0 Å². The van der Waals surface area contributed by atoms with Gasteiger partial charge < -0.3 is 15.1 Å². The molecule has 2 aromatic carbocycles. The second-order valence-corrected chi connectivity index (χ2v) is 12.4. The van der Waals surface area contributed by atoms with Gasteiger partial charge in [0.05, 0.1) is 17.4 Å². The zero-order chi connectivity index (χ0) is 30.6. The van der Waals surface area contributed by atoms with E-state index in [0.29, 0.717) is 6.07 Å². The van der Waals surface area contributed by atoms with Crippen molar-refractivity contribution in [1.29, 1.82) is 0 Å². The third-order valence-corrected chi connectivity index (χ3v) is 10.5. The summed E-state index contributed by atoms with van der Waals surface area (Å²) in [6.45, 7) is -1.93. The topological polar surface area (TPSA) is 94.9 Å². The Morgan fingerprint density at radius 3 is 2.15 bits per heavy atom. The van der Waals surface area contributed by atoms with E-state index in [9.17, 15) is 58.5 Å². The number of rotatable bonds is 7. The average molecular weight is 616 g/mol. The van der Waals surface area contributed by atoms with Gasteiger partial charge in [0.2, 0.25) is 5.91 Å². The van der Waals surface area contributed by atoms with Gasteiger partial charge in [-0.25, -0.2) is 17.2 Å². The van der Waals surface area contributed by atoms with Crippen molar-refractivity contribution in [2.45, 2.75) is 46.9 Å². The van der Waals surface area contributed by atoms with Crippen molar-refractivity contribution in [2.24, 2.45) is 11.8 Å². The molecule has 1 saturated heterocycles. The van der Waals surface area contributed by atoms with Crippen molar-refractivity contribution in [3.05, 3.63) is 65.0 Å². The van der Waals surface area contributed by atoms with Crippen molar-refractivity contribution in [2.75, 3.05) is 26.3 Å². The largest absolute Gasteiger partial charge is 0.435 e. The van der Waals surface area contributed by atoms with Crippen LogP contribution in [0.25, 0.3) is 0 Å². The highest BCUT2D eigenvalue weighted by Gasteiger charge is 2.73. The van der Waals surface area contributed by atoms with Crippen LogP contribution in [0.5, 0.6) is 0 Å². The molecular formula is C26H25F8NO5S. The summed E-state index contributed by atoms with van der Waals surface area (Å²) in [6.07, 6.45) is -13.2. The number of carbonyl (C=O) groups is 1. The highest BCUT2D eigenvalue weighted by atomic mass is 32.2. The number of halogens is 8. The molecule has 15 heteroatoms. The number of fused-ring (bicyclic) bond motifs is 3. The molecule has 1 heterocycles. The van der Waals surface area contributed by atoms with E-state index >= 15 is 0 Å². The van der Waals surface area contributed by atoms with E-state index in [0.717, 1.165) is 35.2 Å². The molecule has 1 amide bonds. The summed E-state index contributed by atoms with van der Waals surface area (Å²) in [5.41, 5.74) is -7.97. The first-order valence-corrected chi connectivity index (χ1v) is 13.9. The molecule has 2 aliphatic rings. The van der Waals surface area contributed by atoms with Gasteiger partial charge in [-0.05, 0) is 54.7 Å². The van der Waals surface area contributed by atoms with Crippen molar-refractivity contribution in [3.63, 3.8) is 0 Å². The minimum atomic E-state index is -6.38. The molecule has 1 aliphatic heterocycles. The Balaban J connectivity index is 1.93. The Kier molecular flexibility index (Phi) is 7.97. The number of amides is 1. The fraction of sp³-hybridized carbons (Fsp3) is 0.500. The Morgan fingerprint density at radius 1 is 1.00 bits per heavy atom. The molecule has 4 rings (SSSR count).